The average molecular weight is 440 g/mol. The standard InChI is InChI=1S/C22H22BrN3O2/c1-13-4-7-19-17(10-13)18(11-15(3)25-19)22(28)24-9-8-21(27)26-20-12-16(23)6-5-14(20)2/h4-7,10-12H,8-9H2,1-3H3,(H,24,28)(H,26,27). The molecular formula is C22H22BrN3O2. The summed E-state index contributed by atoms with van der Waals surface area (Å²) in [7, 11) is 0. The Balaban J connectivity index is 1.64. The van der Waals surface area contributed by atoms with E-state index in [9.17, 15) is 9.59 Å². The van der Waals surface area contributed by atoms with Gasteiger partial charge in [0, 0.05) is 34.2 Å². The first kappa shape index (κ1) is 20.0. The molecule has 0 atom stereocenters. The molecule has 0 bridgehead atoms. The van der Waals surface area contributed by atoms with Crippen molar-refractivity contribution < 1.29 is 9.59 Å². The Morgan fingerprint density at radius 2 is 1.82 bits per heavy atom. The number of fused-ring (bicyclic) bond motifs is 1. The van der Waals surface area contributed by atoms with Gasteiger partial charge in [0.15, 0.2) is 0 Å². The molecule has 1 aromatic heterocycles. The van der Waals surface area contributed by atoms with E-state index in [0.717, 1.165) is 37.9 Å². The SMILES string of the molecule is Cc1ccc2nc(C)cc(C(=O)NCCC(=O)Nc3cc(Br)ccc3C)c2c1. The van der Waals surface area contributed by atoms with E-state index in [1.807, 2.05) is 57.2 Å². The molecule has 2 amide bonds. The lowest BCUT2D eigenvalue weighted by Gasteiger charge is -2.11. The number of carbonyl (C=O) groups excluding carboxylic acids is 2. The quantitative estimate of drug-likeness (QED) is 0.605. The molecule has 0 spiro atoms. The zero-order chi connectivity index (χ0) is 20.3. The van der Waals surface area contributed by atoms with Crippen molar-refractivity contribution in [1.29, 1.82) is 0 Å². The monoisotopic (exact) mass is 439 g/mol. The minimum absolute atomic E-state index is 0.145. The van der Waals surface area contributed by atoms with Gasteiger partial charge in [-0.05, 0) is 56.7 Å². The lowest BCUT2D eigenvalue weighted by Crippen LogP contribution is -2.28. The molecule has 144 valence electrons. The summed E-state index contributed by atoms with van der Waals surface area (Å²) in [5.74, 6) is -0.347. The third-order valence-corrected chi connectivity index (χ3v) is 4.94. The van der Waals surface area contributed by atoms with E-state index in [1.165, 1.54) is 0 Å². The Bertz CT molecular complexity index is 1060. The van der Waals surface area contributed by atoms with E-state index in [4.69, 9.17) is 0 Å². The zero-order valence-electron chi connectivity index (χ0n) is 16.1. The Morgan fingerprint density at radius 1 is 1.04 bits per heavy atom. The van der Waals surface area contributed by atoms with Gasteiger partial charge in [0.05, 0.1) is 11.1 Å². The van der Waals surface area contributed by atoms with Gasteiger partial charge in [-0.25, -0.2) is 0 Å². The molecule has 0 fully saturated rings. The number of nitrogens with one attached hydrogen (secondary N) is 2. The maximum atomic E-state index is 12.7. The Labute approximate surface area is 172 Å². The average Bonchev–Trinajstić information content (AvgIpc) is 2.64. The highest BCUT2D eigenvalue weighted by molar-refractivity contribution is 9.10. The number of aromatic nitrogens is 1. The van der Waals surface area contributed by atoms with Gasteiger partial charge in [-0.1, -0.05) is 33.6 Å². The van der Waals surface area contributed by atoms with Crippen LogP contribution in [-0.4, -0.2) is 23.3 Å². The minimum Gasteiger partial charge on any atom is -0.351 e. The lowest BCUT2D eigenvalue weighted by molar-refractivity contribution is -0.116. The second-order valence-corrected chi connectivity index (χ2v) is 7.76. The maximum absolute atomic E-state index is 12.7. The summed E-state index contributed by atoms with van der Waals surface area (Å²) in [5.41, 5.74) is 4.96. The number of benzene rings is 2. The molecule has 3 rings (SSSR count). The van der Waals surface area contributed by atoms with Gasteiger partial charge in [-0.2, -0.15) is 0 Å². The predicted octanol–water partition coefficient (Wildman–Crippen LogP) is 4.68. The van der Waals surface area contributed by atoms with Crippen LogP contribution in [0.3, 0.4) is 0 Å². The highest BCUT2D eigenvalue weighted by Crippen LogP contribution is 2.21. The molecule has 2 N–H and O–H groups in total. The second kappa shape index (κ2) is 8.52. The van der Waals surface area contributed by atoms with Crippen LogP contribution in [0.25, 0.3) is 10.9 Å². The van der Waals surface area contributed by atoms with Gasteiger partial charge < -0.3 is 10.6 Å². The molecule has 1 heterocycles. The topological polar surface area (TPSA) is 71.1 Å². The first-order valence-corrected chi connectivity index (χ1v) is 9.85. The van der Waals surface area contributed by atoms with E-state index in [2.05, 4.69) is 31.5 Å². The van der Waals surface area contributed by atoms with Gasteiger partial charge in [0.1, 0.15) is 0 Å². The molecule has 0 radical (unpaired) electrons. The highest BCUT2D eigenvalue weighted by Gasteiger charge is 2.13. The van der Waals surface area contributed by atoms with Crippen molar-refractivity contribution in [2.24, 2.45) is 0 Å². The van der Waals surface area contributed by atoms with Crippen molar-refractivity contribution in [2.75, 3.05) is 11.9 Å². The molecule has 6 heteroatoms. The summed E-state index contributed by atoms with van der Waals surface area (Å²) in [6, 6.07) is 13.3. The Hall–Kier alpha value is -2.73. The number of aryl methyl sites for hydroxylation is 3. The fraction of sp³-hybridized carbons (Fsp3) is 0.227. The minimum atomic E-state index is -0.201. The Morgan fingerprint density at radius 3 is 2.61 bits per heavy atom. The van der Waals surface area contributed by atoms with Crippen LogP contribution in [0.4, 0.5) is 5.69 Å². The molecular weight excluding hydrogens is 418 g/mol. The molecule has 0 unspecified atom stereocenters. The van der Waals surface area contributed by atoms with Crippen molar-refractivity contribution in [3.8, 4) is 0 Å². The number of hydrogen-bond donors (Lipinski definition) is 2. The van der Waals surface area contributed by atoms with Gasteiger partial charge in [0.25, 0.3) is 5.91 Å². The van der Waals surface area contributed by atoms with E-state index < -0.39 is 0 Å². The number of halogens is 1. The van der Waals surface area contributed by atoms with Crippen LogP contribution >= 0.6 is 15.9 Å². The first-order chi connectivity index (χ1) is 13.3. The first-order valence-electron chi connectivity index (χ1n) is 9.05. The fourth-order valence-electron chi connectivity index (χ4n) is 2.99. The van der Waals surface area contributed by atoms with Crippen LogP contribution in [0, 0.1) is 20.8 Å². The summed E-state index contributed by atoms with van der Waals surface area (Å²) < 4.78 is 0.900. The number of hydrogen-bond acceptors (Lipinski definition) is 3. The molecule has 0 aliphatic heterocycles. The van der Waals surface area contributed by atoms with E-state index in [-0.39, 0.29) is 24.8 Å². The number of pyridine rings is 1. The summed E-state index contributed by atoms with van der Waals surface area (Å²) in [5, 5.41) is 6.54. The molecule has 0 aliphatic rings. The smallest absolute Gasteiger partial charge is 0.252 e. The zero-order valence-corrected chi connectivity index (χ0v) is 17.7. The summed E-state index contributed by atoms with van der Waals surface area (Å²) in [6.07, 6.45) is 0.193. The molecule has 0 saturated heterocycles. The predicted molar refractivity (Wildman–Crippen MR) is 116 cm³/mol. The largest absolute Gasteiger partial charge is 0.351 e. The van der Waals surface area contributed by atoms with Gasteiger partial charge in [-0.3, -0.25) is 14.6 Å². The highest BCUT2D eigenvalue weighted by atomic mass is 79.9. The van der Waals surface area contributed by atoms with Gasteiger partial charge in [0.2, 0.25) is 5.91 Å². The molecule has 5 nitrogen and oxygen atoms in total. The van der Waals surface area contributed by atoms with Crippen LogP contribution in [0.2, 0.25) is 0 Å². The summed E-state index contributed by atoms with van der Waals surface area (Å²) >= 11 is 3.40. The molecule has 0 aliphatic carbocycles. The van der Waals surface area contributed by atoms with Crippen molar-refractivity contribution in [3.63, 3.8) is 0 Å². The number of rotatable bonds is 5. The van der Waals surface area contributed by atoms with Crippen molar-refractivity contribution >= 4 is 44.3 Å². The van der Waals surface area contributed by atoms with E-state index >= 15 is 0 Å². The number of carbonyl (C=O) groups is 2. The number of nitrogens with zero attached hydrogens (tertiary/aromatic N) is 1. The third kappa shape index (κ3) is 4.75. The third-order valence-electron chi connectivity index (χ3n) is 4.45. The lowest BCUT2D eigenvalue weighted by atomic mass is 10.0. The number of anilines is 1. The maximum Gasteiger partial charge on any atom is 0.252 e. The fourth-order valence-corrected chi connectivity index (χ4v) is 3.35. The molecule has 28 heavy (non-hydrogen) atoms. The molecule has 3 aromatic rings. The van der Waals surface area contributed by atoms with Crippen LogP contribution < -0.4 is 10.6 Å². The molecule has 0 saturated carbocycles. The van der Waals surface area contributed by atoms with Gasteiger partial charge >= 0.3 is 0 Å². The normalized spacial score (nSPS) is 10.7. The van der Waals surface area contributed by atoms with E-state index in [1.54, 1.807) is 6.07 Å². The van der Waals surface area contributed by atoms with Crippen LogP contribution in [0.5, 0.6) is 0 Å². The molecule has 2 aromatic carbocycles. The van der Waals surface area contributed by atoms with Crippen molar-refractivity contribution in [3.05, 3.63) is 69.3 Å². The van der Waals surface area contributed by atoms with Crippen molar-refractivity contribution in [1.82, 2.24) is 10.3 Å². The van der Waals surface area contributed by atoms with E-state index in [0.29, 0.717) is 5.56 Å². The van der Waals surface area contributed by atoms with Crippen molar-refractivity contribution in [2.45, 2.75) is 27.2 Å². The number of amides is 2. The van der Waals surface area contributed by atoms with Crippen LogP contribution in [-0.2, 0) is 4.79 Å². The van der Waals surface area contributed by atoms with Gasteiger partial charge in [-0.15, -0.1) is 0 Å². The van der Waals surface area contributed by atoms with Crippen LogP contribution in [0.15, 0.2) is 46.9 Å². The Kier molecular flexibility index (Phi) is 6.09. The summed E-state index contributed by atoms with van der Waals surface area (Å²) in [4.78, 5) is 29.4. The summed E-state index contributed by atoms with van der Waals surface area (Å²) in [6.45, 7) is 6.04. The van der Waals surface area contributed by atoms with Crippen LogP contribution in [0.1, 0.15) is 33.6 Å². The second-order valence-electron chi connectivity index (χ2n) is 6.85.